The lowest BCUT2D eigenvalue weighted by atomic mass is 10.2. The van der Waals surface area contributed by atoms with Crippen LogP contribution in [0.4, 0.5) is 0 Å². The number of aromatic nitrogens is 5. The number of rotatable bonds is 2. The van der Waals surface area contributed by atoms with Gasteiger partial charge in [0, 0.05) is 11.8 Å². The molecule has 0 spiro atoms. The quantitative estimate of drug-likeness (QED) is 0.691. The fourth-order valence-electron chi connectivity index (χ4n) is 1.68. The van der Waals surface area contributed by atoms with E-state index in [1.807, 2.05) is 6.07 Å². The summed E-state index contributed by atoms with van der Waals surface area (Å²) >= 11 is 0. The van der Waals surface area contributed by atoms with Crippen molar-refractivity contribution < 1.29 is 9.53 Å². The van der Waals surface area contributed by atoms with Crippen molar-refractivity contribution >= 4 is 17.1 Å². The third kappa shape index (κ3) is 2.01. The first-order valence-electron chi connectivity index (χ1n) is 5.48. The Kier molecular flexibility index (Phi) is 2.64. The number of pyridine rings is 1. The summed E-state index contributed by atoms with van der Waals surface area (Å²) in [5, 5.41) is 0. The third-order valence-corrected chi connectivity index (χ3v) is 2.60. The molecule has 0 aliphatic rings. The average Bonchev–Trinajstić information content (AvgIpc) is 2.94. The number of imidazole rings is 1. The summed E-state index contributed by atoms with van der Waals surface area (Å²) in [6, 6.07) is 1.85. The minimum Gasteiger partial charge on any atom is -0.464 e. The summed E-state index contributed by atoms with van der Waals surface area (Å²) in [4.78, 5) is 30.8. The Morgan fingerprint density at radius 2 is 2.16 bits per heavy atom. The van der Waals surface area contributed by atoms with E-state index < -0.39 is 5.97 Å². The minimum absolute atomic E-state index is 0.157. The molecule has 3 heterocycles. The number of carbonyl (C=O) groups excluding carboxylic acids is 1. The Hall–Kier alpha value is -2.83. The van der Waals surface area contributed by atoms with E-state index in [9.17, 15) is 4.79 Å². The monoisotopic (exact) mass is 255 g/mol. The van der Waals surface area contributed by atoms with Gasteiger partial charge in [-0.25, -0.2) is 19.7 Å². The molecule has 0 fully saturated rings. The van der Waals surface area contributed by atoms with Crippen molar-refractivity contribution in [3.05, 3.63) is 36.7 Å². The molecule has 94 valence electrons. The van der Waals surface area contributed by atoms with Crippen LogP contribution in [0.25, 0.3) is 22.4 Å². The summed E-state index contributed by atoms with van der Waals surface area (Å²) in [6.07, 6.45) is 6.12. The van der Waals surface area contributed by atoms with Gasteiger partial charge < -0.3 is 9.72 Å². The Labute approximate surface area is 107 Å². The van der Waals surface area contributed by atoms with Crippen molar-refractivity contribution in [2.75, 3.05) is 7.11 Å². The number of esters is 1. The van der Waals surface area contributed by atoms with E-state index in [0.29, 0.717) is 11.3 Å². The van der Waals surface area contributed by atoms with Crippen LogP contribution < -0.4 is 0 Å². The van der Waals surface area contributed by atoms with Crippen LogP contribution in [-0.4, -0.2) is 38.0 Å². The Balaban J connectivity index is 2.07. The van der Waals surface area contributed by atoms with Gasteiger partial charge in [-0.1, -0.05) is 0 Å². The number of carbonyl (C=O) groups is 1. The van der Waals surface area contributed by atoms with Crippen LogP contribution in [0.15, 0.2) is 31.0 Å². The number of nitrogens with zero attached hydrogens (tertiary/aromatic N) is 4. The maximum atomic E-state index is 11.4. The van der Waals surface area contributed by atoms with E-state index in [1.165, 1.54) is 13.3 Å². The molecule has 0 aliphatic carbocycles. The standard InChI is InChI=1S/C12H9N5O2/c1-19-12(18)10-5-13-4-9(17-10)7-2-8-11(14-3-7)16-6-15-8/h2-6H,1H3,(H,14,15,16). The lowest BCUT2D eigenvalue weighted by Crippen LogP contribution is -2.05. The van der Waals surface area contributed by atoms with Gasteiger partial charge in [-0.15, -0.1) is 0 Å². The van der Waals surface area contributed by atoms with Crippen LogP contribution in [0, 0.1) is 0 Å². The summed E-state index contributed by atoms with van der Waals surface area (Å²) in [5.41, 5.74) is 2.87. The Morgan fingerprint density at radius 3 is 3.00 bits per heavy atom. The summed E-state index contributed by atoms with van der Waals surface area (Å²) in [7, 11) is 1.30. The van der Waals surface area contributed by atoms with Gasteiger partial charge in [0.25, 0.3) is 0 Å². The SMILES string of the molecule is COC(=O)c1cncc(-c2cnc3nc[nH]c3c2)n1. The van der Waals surface area contributed by atoms with Gasteiger partial charge in [0.05, 0.1) is 37.0 Å². The molecular formula is C12H9N5O2. The van der Waals surface area contributed by atoms with Gasteiger partial charge in [0.15, 0.2) is 11.3 Å². The second kappa shape index (κ2) is 4.45. The molecule has 3 aromatic rings. The smallest absolute Gasteiger partial charge is 0.358 e. The van der Waals surface area contributed by atoms with E-state index >= 15 is 0 Å². The molecule has 0 radical (unpaired) electrons. The number of ether oxygens (including phenoxy) is 1. The normalized spacial score (nSPS) is 10.6. The zero-order valence-corrected chi connectivity index (χ0v) is 9.99. The number of nitrogens with one attached hydrogen (secondary N) is 1. The van der Waals surface area contributed by atoms with Gasteiger partial charge in [0.2, 0.25) is 0 Å². The van der Waals surface area contributed by atoms with Crippen molar-refractivity contribution in [1.29, 1.82) is 0 Å². The molecule has 3 rings (SSSR count). The number of hydrogen-bond acceptors (Lipinski definition) is 6. The fraction of sp³-hybridized carbons (Fsp3) is 0.0833. The van der Waals surface area contributed by atoms with Crippen LogP contribution in [0.1, 0.15) is 10.5 Å². The van der Waals surface area contributed by atoms with Gasteiger partial charge in [0.1, 0.15) is 0 Å². The maximum absolute atomic E-state index is 11.4. The van der Waals surface area contributed by atoms with Gasteiger partial charge in [-0.3, -0.25) is 4.98 Å². The molecule has 0 saturated carbocycles. The topological polar surface area (TPSA) is 93.6 Å². The maximum Gasteiger partial charge on any atom is 0.358 e. The molecule has 0 aliphatic heterocycles. The highest BCUT2D eigenvalue weighted by Gasteiger charge is 2.10. The molecule has 3 aromatic heterocycles. The Bertz CT molecular complexity index is 752. The van der Waals surface area contributed by atoms with Crippen LogP contribution >= 0.6 is 0 Å². The first-order valence-corrected chi connectivity index (χ1v) is 5.48. The molecule has 0 amide bonds. The molecular weight excluding hydrogens is 246 g/mol. The lowest BCUT2D eigenvalue weighted by molar-refractivity contribution is 0.0593. The summed E-state index contributed by atoms with van der Waals surface area (Å²) in [6.45, 7) is 0. The number of hydrogen-bond donors (Lipinski definition) is 1. The summed E-state index contributed by atoms with van der Waals surface area (Å²) in [5.74, 6) is -0.523. The lowest BCUT2D eigenvalue weighted by Gasteiger charge is -2.02. The fourth-order valence-corrected chi connectivity index (χ4v) is 1.68. The van der Waals surface area contributed by atoms with E-state index in [4.69, 9.17) is 0 Å². The number of methoxy groups -OCH3 is 1. The van der Waals surface area contributed by atoms with E-state index in [1.54, 1.807) is 18.7 Å². The molecule has 0 atom stereocenters. The molecule has 7 nitrogen and oxygen atoms in total. The van der Waals surface area contributed by atoms with Crippen molar-refractivity contribution in [2.45, 2.75) is 0 Å². The largest absolute Gasteiger partial charge is 0.464 e. The van der Waals surface area contributed by atoms with Crippen LogP contribution in [-0.2, 0) is 4.74 Å². The predicted molar refractivity (Wildman–Crippen MR) is 66.3 cm³/mol. The molecule has 0 bridgehead atoms. The molecule has 0 unspecified atom stereocenters. The molecule has 0 aromatic carbocycles. The average molecular weight is 255 g/mol. The van der Waals surface area contributed by atoms with Crippen molar-refractivity contribution in [2.24, 2.45) is 0 Å². The summed E-state index contributed by atoms with van der Waals surface area (Å²) < 4.78 is 4.61. The number of fused-ring (bicyclic) bond motifs is 1. The first kappa shape index (κ1) is 11.3. The zero-order valence-electron chi connectivity index (χ0n) is 9.99. The highest BCUT2D eigenvalue weighted by atomic mass is 16.5. The third-order valence-electron chi connectivity index (χ3n) is 2.60. The van der Waals surface area contributed by atoms with Crippen LogP contribution in [0.2, 0.25) is 0 Å². The zero-order chi connectivity index (χ0) is 13.2. The first-order chi connectivity index (χ1) is 9.28. The second-order valence-electron chi connectivity index (χ2n) is 3.78. The van der Waals surface area contributed by atoms with Crippen molar-refractivity contribution in [3.63, 3.8) is 0 Å². The van der Waals surface area contributed by atoms with Crippen molar-refractivity contribution in [1.82, 2.24) is 24.9 Å². The van der Waals surface area contributed by atoms with E-state index in [-0.39, 0.29) is 5.69 Å². The minimum atomic E-state index is -0.523. The molecule has 1 N–H and O–H groups in total. The molecule has 0 saturated heterocycles. The van der Waals surface area contributed by atoms with Crippen LogP contribution in [0.3, 0.4) is 0 Å². The van der Waals surface area contributed by atoms with E-state index in [0.717, 1.165) is 11.1 Å². The van der Waals surface area contributed by atoms with Gasteiger partial charge in [-0.05, 0) is 6.07 Å². The number of H-pyrrole nitrogens is 1. The van der Waals surface area contributed by atoms with Gasteiger partial charge in [-0.2, -0.15) is 0 Å². The molecule has 19 heavy (non-hydrogen) atoms. The molecule has 7 heteroatoms. The van der Waals surface area contributed by atoms with Gasteiger partial charge >= 0.3 is 5.97 Å². The van der Waals surface area contributed by atoms with Crippen LogP contribution in [0.5, 0.6) is 0 Å². The Morgan fingerprint density at radius 1 is 1.26 bits per heavy atom. The number of aromatic amines is 1. The van der Waals surface area contributed by atoms with E-state index in [2.05, 4.69) is 29.7 Å². The van der Waals surface area contributed by atoms with Crippen molar-refractivity contribution in [3.8, 4) is 11.3 Å². The highest BCUT2D eigenvalue weighted by molar-refractivity contribution is 5.87. The highest BCUT2D eigenvalue weighted by Crippen LogP contribution is 2.18. The predicted octanol–water partition coefficient (Wildman–Crippen LogP) is 1.20. The second-order valence-corrected chi connectivity index (χ2v) is 3.78.